The minimum atomic E-state index is -0.540. The van der Waals surface area contributed by atoms with E-state index in [1.165, 1.54) is 6.20 Å². The van der Waals surface area contributed by atoms with Crippen molar-refractivity contribution in [2.45, 2.75) is 38.0 Å². The first-order valence-corrected chi connectivity index (χ1v) is 6.81. The van der Waals surface area contributed by atoms with Gasteiger partial charge in [0.05, 0.1) is 17.2 Å². The lowest BCUT2D eigenvalue weighted by Crippen LogP contribution is -2.22. The summed E-state index contributed by atoms with van der Waals surface area (Å²) in [6.45, 7) is 0.690. The molecule has 0 radical (unpaired) electrons. The predicted octanol–water partition coefficient (Wildman–Crippen LogP) is 0.659. The van der Waals surface area contributed by atoms with Gasteiger partial charge in [0.2, 0.25) is 11.8 Å². The van der Waals surface area contributed by atoms with Crippen LogP contribution in [0.5, 0.6) is 0 Å². The Morgan fingerprint density at radius 1 is 1.10 bits per heavy atom. The maximum atomic E-state index is 11.5. The van der Waals surface area contributed by atoms with Gasteiger partial charge in [0, 0.05) is 6.20 Å². The minimum Gasteiger partial charge on any atom is -0.369 e. The monoisotopic (exact) mass is 278 g/mol. The molecule has 6 heteroatoms. The molecule has 2 amide bonds. The summed E-state index contributed by atoms with van der Waals surface area (Å²) in [7, 11) is 0. The topological polar surface area (TPSA) is 125 Å². The first-order chi connectivity index (χ1) is 9.56. The van der Waals surface area contributed by atoms with Crippen LogP contribution in [0, 0.1) is 0 Å². The molecule has 6 N–H and O–H groups in total. The molecular weight excluding hydrogens is 256 g/mol. The summed E-state index contributed by atoms with van der Waals surface area (Å²) in [5, 5.41) is 0. The minimum absolute atomic E-state index is 0.319. The fourth-order valence-electron chi connectivity index (χ4n) is 2.04. The number of nitrogens with two attached hydrogens (primary N) is 3. The molecule has 6 nitrogen and oxygen atoms in total. The normalized spacial score (nSPS) is 12.1. The highest BCUT2D eigenvalue weighted by Crippen LogP contribution is 2.21. The van der Waals surface area contributed by atoms with Gasteiger partial charge in [-0.2, -0.15) is 0 Å². The van der Waals surface area contributed by atoms with E-state index in [0.29, 0.717) is 24.2 Å². The van der Waals surface area contributed by atoms with Crippen LogP contribution in [0.1, 0.15) is 54.1 Å². The van der Waals surface area contributed by atoms with Gasteiger partial charge in [0.25, 0.3) is 0 Å². The van der Waals surface area contributed by atoms with Crippen molar-refractivity contribution >= 4 is 11.8 Å². The molecule has 0 aliphatic heterocycles. The van der Waals surface area contributed by atoms with Crippen LogP contribution in [-0.4, -0.2) is 23.3 Å². The molecule has 1 heterocycles. The Bertz CT molecular complexity index is 445. The van der Waals surface area contributed by atoms with Crippen molar-refractivity contribution in [3.63, 3.8) is 0 Å². The second kappa shape index (κ2) is 8.27. The van der Waals surface area contributed by atoms with Crippen molar-refractivity contribution in [1.29, 1.82) is 0 Å². The van der Waals surface area contributed by atoms with Gasteiger partial charge in [-0.1, -0.05) is 19.3 Å². The Hall–Kier alpha value is -1.95. The zero-order chi connectivity index (χ0) is 15.0. The summed E-state index contributed by atoms with van der Waals surface area (Å²) in [5.74, 6) is -1.36. The molecule has 1 atom stereocenters. The van der Waals surface area contributed by atoms with E-state index in [0.717, 1.165) is 25.7 Å². The number of carbonyl (C=O) groups excluding carboxylic acids is 2. The van der Waals surface area contributed by atoms with Crippen LogP contribution < -0.4 is 17.2 Å². The smallest absolute Gasteiger partial charge is 0.250 e. The second-order valence-electron chi connectivity index (χ2n) is 4.78. The average molecular weight is 278 g/mol. The van der Waals surface area contributed by atoms with Crippen LogP contribution in [0.15, 0.2) is 18.3 Å². The standard InChI is InChI=1S/C14H22N4O2/c15-8-4-2-1-3-5-11(14(17)20)12-7-6-10(9-18-12)13(16)19/h6-7,9,11H,1-5,8,15H2,(H2,16,19)(H2,17,20). The zero-order valence-electron chi connectivity index (χ0n) is 11.5. The molecule has 0 saturated carbocycles. The molecule has 0 fully saturated rings. The van der Waals surface area contributed by atoms with E-state index < -0.39 is 17.7 Å². The number of unbranched alkanes of at least 4 members (excludes halogenated alkanes) is 3. The molecule has 1 aromatic rings. The van der Waals surface area contributed by atoms with Crippen LogP contribution in [0.4, 0.5) is 0 Å². The highest BCUT2D eigenvalue weighted by Gasteiger charge is 2.19. The fourth-order valence-corrected chi connectivity index (χ4v) is 2.04. The first-order valence-electron chi connectivity index (χ1n) is 6.81. The number of hydrogen-bond acceptors (Lipinski definition) is 4. The lowest BCUT2D eigenvalue weighted by molar-refractivity contribution is -0.119. The van der Waals surface area contributed by atoms with Crippen molar-refractivity contribution < 1.29 is 9.59 Å². The van der Waals surface area contributed by atoms with Gasteiger partial charge in [-0.25, -0.2) is 0 Å². The molecule has 1 unspecified atom stereocenters. The zero-order valence-corrected chi connectivity index (χ0v) is 11.5. The predicted molar refractivity (Wildman–Crippen MR) is 76.8 cm³/mol. The number of carbonyl (C=O) groups is 2. The molecule has 0 aromatic carbocycles. The quantitative estimate of drug-likeness (QED) is 0.573. The van der Waals surface area contributed by atoms with Crippen LogP contribution in [0.3, 0.4) is 0 Å². The molecule has 0 aliphatic carbocycles. The second-order valence-corrected chi connectivity index (χ2v) is 4.78. The van der Waals surface area contributed by atoms with Gasteiger partial charge in [0.1, 0.15) is 0 Å². The van der Waals surface area contributed by atoms with Crippen molar-refractivity contribution in [3.8, 4) is 0 Å². The summed E-state index contributed by atoms with van der Waals surface area (Å²) in [6.07, 6.45) is 5.99. The van der Waals surface area contributed by atoms with Gasteiger partial charge < -0.3 is 17.2 Å². The summed E-state index contributed by atoms with van der Waals surface area (Å²) in [5.41, 5.74) is 16.9. The van der Waals surface area contributed by atoms with Crippen molar-refractivity contribution in [1.82, 2.24) is 4.98 Å². The van der Waals surface area contributed by atoms with E-state index in [-0.39, 0.29) is 0 Å². The SMILES string of the molecule is NCCCCCCC(C(N)=O)c1ccc(C(N)=O)cn1. The molecule has 1 aromatic heterocycles. The molecule has 110 valence electrons. The first kappa shape index (κ1) is 16.1. The number of primary amides is 2. The van der Waals surface area contributed by atoms with Crippen molar-refractivity contribution in [3.05, 3.63) is 29.6 Å². The van der Waals surface area contributed by atoms with Crippen LogP contribution in [0.2, 0.25) is 0 Å². The number of rotatable bonds is 9. The van der Waals surface area contributed by atoms with Crippen LogP contribution in [-0.2, 0) is 4.79 Å². The largest absolute Gasteiger partial charge is 0.369 e. The maximum absolute atomic E-state index is 11.5. The number of hydrogen-bond donors (Lipinski definition) is 3. The molecule has 0 aliphatic rings. The third kappa shape index (κ3) is 4.97. The summed E-state index contributed by atoms with van der Waals surface area (Å²) >= 11 is 0. The van der Waals surface area contributed by atoms with Gasteiger partial charge in [-0.05, 0) is 31.5 Å². The molecule has 0 bridgehead atoms. The van der Waals surface area contributed by atoms with E-state index in [1.54, 1.807) is 12.1 Å². The number of amides is 2. The summed E-state index contributed by atoms with van der Waals surface area (Å²) in [4.78, 5) is 26.6. The number of pyridine rings is 1. The highest BCUT2D eigenvalue weighted by atomic mass is 16.1. The maximum Gasteiger partial charge on any atom is 0.250 e. The van der Waals surface area contributed by atoms with Gasteiger partial charge >= 0.3 is 0 Å². The van der Waals surface area contributed by atoms with Gasteiger partial charge in [-0.3, -0.25) is 14.6 Å². The van der Waals surface area contributed by atoms with Crippen molar-refractivity contribution in [2.24, 2.45) is 17.2 Å². The Morgan fingerprint density at radius 3 is 2.30 bits per heavy atom. The Kier molecular flexibility index (Phi) is 6.66. The van der Waals surface area contributed by atoms with Crippen LogP contribution in [0.25, 0.3) is 0 Å². The van der Waals surface area contributed by atoms with E-state index >= 15 is 0 Å². The van der Waals surface area contributed by atoms with Gasteiger partial charge in [-0.15, -0.1) is 0 Å². The molecule has 1 rings (SSSR count). The Balaban J connectivity index is 2.61. The van der Waals surface area contributed by atoms with Crippen LogP contribution >= 0.6 is 0 Å². The van der Waals surface area contributed by atoms with E-state index in [4.69, 9.17) is 17.2 Å². The molecule has 0 saturated heterocycles. The van der Waals surface area contributed by atoms with Crippen molar-refractivity contribution in [2.75, 3.05) is 6.54 Å². The summed E-state index contributed by atoms with van der Waals surface area (Å²) in [6, 6.07) is 3.20. The molecule has 0 spiro atoms. The number of nitrogens with zero attached hydrogens (tertiary/aromatic N) is 1. The lowest BCUT2D eigenvalue weighted by Gasteiger charge is -2.12. The van der Waals surface area contributed by atoms with E-state index in [9.17, 15) is 9.59 Å². The third-order valence-electron chi connectivity index (χ3n) is 3.22. The highest BCUT2D eigenvalue weighted by molar-refractivity contribution is 5.92. The Morgan fingerprint density at radius 2 is 1.80 bits per heavy atom. The fraction of sp³-hybridized carbons (Fsp3) is 0.500. The summed E-state index contributed by atoms with van der Waals surface area (Å²) < 4.78 is 0. The average Bonchev–Trinajstić information content (AvgIpc) is 2.42. The molecule has 20 heavy (non-hydrogen) atoms. The van der Waals surface area contributed by atoms with Gasteiger partial charge in [0.15, 0.2) is 0 Å². The molecular formula is C14H22N4O2. The van der Waals surface area contributed by atoms with E-state index in [1.807, 2.05) is 0 Å². The lowest BCUT2D eigenvalue weighted by atomic mass is 9.96. The Labute approximate surface area is 118 Å². The number of aromatic nitrogens is 1. The third-order valence-corrected chi connectivity index (χ3v) is 3.22. The van der Waals surface area contributed by atoms with E-state index in [2.05, 4.69) is 4.98 Å².